The van der Waals surface area contributed by atoms with Crippen LogP contribution in [0, 0.1) is 0 Å². The monoisotopic (exact) mass is 857 g/mol. The van der Waals surface area contributed by atoms with Gasteiger partial charge in [-0.05, 0) is 115 Å². The molecule has 0 N–H and O–H groups in total. The number of rotatable bonds is 9. The van der Waals surface area contributed by atoms with Gasteiger partial charge in [-0.25, -0.2) is 4.98 Å². The van der Waals surface area contributed by atoms with Crippen molar-refractivity contribution < 1.29 is 0 Å². The summed E-state index contributed by atoms with van der Waals surface area (Å²) in [5, 5.41) is 0. The Hall–Kier alpha value is -8.40. The van der Waals surface area contributed by atoms with Crippen molar-refractivity contribution >= 4 is 28.7 Å². The van der Waals surface area contributed by atoms with Gasteiger partial charge in [-0.15, -0.1) is 0 Å². The molecule has 318 valence electrons. The highest BCUT2D eigenvalue weighted by Crippen LogP contribution is 2.61. The first-order valence-corrected chi connectivity index (χ1v) is 23.3. The van der Waals surface area contributed by atoms with Gasteiger partial charge >= 0.3 is 0 Å². The normalized spacial score (nSPS) is 16.0. The zero-order valence-corrected chi connectivity index (χ0v) is 37.1. The molecule has 0 saturated heterocycles. The Labute approximate surface area is 393 Å². The quantitative estimate of drug-likeness (QED) is 0.145. The van der Waals surface area contributed by atoms with Crippen molar-refractivity contribution in [3.8, 4) is 66.8 Å². The molecule has 67 heavy (non-hydrogen) atoms. The topological polar surface area (TPSA) is 28.5 Å². The van der Waals surface area contributed by atoms with Crippen LogP contribution in [0.2, 0.25) is 0 Å². The number of pyridine rings is 1. The molecule has 3 aliphatic rings. The summed E-state index contributed by atoms with van der Waals surface area (Å²) < 4.78 is 0. The van der Waals surface area contributed by atoms with Gasteiger partial charge in [0.15, 0.2) is 0 Å². The number of nitrogens with zero attached hydrogens (tertiary/aromatic N) is 3. The highest BCUT2D eigenvalue weighted by molar-refractivity contribution is 6.11. The van der Waals surface area contributed by atoms with Gasteiger partial charge in [0.2, 0.25) is 0 Å². The lowest BCUT2D eigenvalue weighted by atomic mass is 9.76. The summed E-state index contributed by atoms with van der Waals surface area (Å²) in [6, 6.07) is 79.5. The highest BCUT2D eigenvalue weighted by atomic mass is 15.2. The SMILES string of the molecule is C1=CC2C(C=C1c1cccc(C3=CC=NCC3)n1)c1c(-c3ccccc3)c(-c3ccccc3)c(-c3ccccc3)c(-c3ccccc3)c1N2c1cccc(-c2cccc(-c3ccccc3)c2)c1. The Morgan fingerprint density at radius 1 is 0.433 bits per heavy atom. The smallest absolute Gasteiger partial charge is 0.0706 e. The average Bonchev–Trinajstić information content (AvgIpc) is 3.76. The molecule has 0 bridgehead atoms. The van der Waals surface area contributed by atoms with E-state index in [0.717, 1.165) is 35.6 Å². The third kappa shape index (κ3) is 7.45. The van der Waals surface area contributed by atoms with E-state index >= 15 is 0 Å². The molecule has 3 heterocycles. The Bertz CT molecular complexity index is 3390. The van der Waals surface area contributed by atoms with E-state index in [1.54, 1.807) is 0 Å². The summed E-state index contributed by atoms with van der Waals surface area (Å²) in [6.07, 6.45) is 12.2. The zero-order chi connectivity index (χ0) is 44.5. The molecule has 8 aromatic carbocycles. The maximum absolute atomic E-state index is 5.34. The molecule has 0 amide bonds. The van der Waals surface area contributed by atoms with E-state index in [0.29, 0.717) is 0 Å². The lowest BCUT2D eigenvalue weighted by Crippen LogP contribution is -2.29. The first kappa shape index (κ1) is 40.1. The Morgan fingerprint density at radius 3 is 1.54 bits per heavy atom. The van der Waals surface area contributed by atoms with Crippen LogP contribution in [0.15, 0.2) is 248 Å². The first-order valence-electron chi connectivity index (χ1n) is 23.3. The highest BCUT2D eigenvalue weighted by Gasteiger charge is 2.44. The summed E-state index contributed by atoms with van der Waals surface area (Å²) in [7, 11) is 0. The molecule has 0 fully saturated rings. The summed E-state index contributed by atoms with van der Waals surface area (Å²) in [4.78, 5) is 12.5. The van der Waals surface area contributed by atoms with E-state index < -0.39 is 0 Å². The molecule has 2 unspecified atom stereocenters. The van der Waals surface area contributed by atoms with Crippen molar-refractivity contribution in [3.05, 3.63) is 260 Å². The molecule has 1 aromatic heterocycles. The number of benzene rings is 8. The van der Waals surface area contributed by atoms with Gasteiger partial charge < -0.3 is 4.90 Å². The molecule has 2 atom stereocenters. The van der Waals surface area contributed by atoms with Crippen molar-refractivity contribution in [2.24, 2.45) is 4.99 Å². The van der Waals surface area contributed by atoms with E-state index in [1.165, 1.54) is 83.6 Å². The van der Waals surface area contributed by atoms with E-state index in [4.69, 9.17) is 4.98 Å². The van der Waals surface area contributed by atoms with Crippen molar-refractivity contribution in [3.63, 3.8) is 0 Å². The molecule has 2 aliphatic heterocycles. The third-order valence-electron chi connectivity index (χ3n) is 13.5. The second kappa shape index (κ2) is 17.5. The van der Waals surface area contributed by atoms with Gasteiger partial charge in [0.05, 0.1) is 23.1 Å². The fourth-order valence-electron chi connectivity index (χ4n) is 10.5. The van der Waals surface area contributed by atoms with Crippen LogP contribution < -0.4 is 4.90 Å². The number of hydrogen-bond acceptors (Lipinski definition) is 3. The van der Waals surface area contributed by atoms with Crippen molar-refractivity contribution in [1.82, 2.24) is 4.98 Å². The van der Waals surface area contributed by atoms with Crippen LogP contribution in [-0.4, -0.2) is 23.8 Å². The molecule has 3 nitrogen and oxygen atoms in total. The fourth-order valence-corrected chi connectivity index (χ4v) is 10.5. The first-order chi connectivity index (χ1) is 33.3. The van der Waals surface area contributed by atoms with Crippen LogP contribution in [0.4, 0.5) is 11.4 Å². The van der Waals surface area contributed by atoms with E-state index in [1.807, 2.05) is 6.21 Å². The summed E-state index contributed by atoms with van der Waals surface area (Å²) in [6.45, 7) is 0.789. The number of aromatic nitrogens is 1. The maximum atomic E-state index is 5.34. The lowest BCUT2D eigenvalue weighted by Gasteiger charge is -2.32. The van der Waals surface area contributed by atoms with Gasteiger partial charge in [-0.2, -0.15) is 0 Å². The number of aliphatic imine (C=N–C) groups is 1. The molecular weight excluding hydrogens is 811 g/mol. The second-order valence-electron chi connectivity index (χ2n) is 17.5. The number of fused-ring (bicyclic) bond motifs is 3. The summed E-state index contributed by atoms with van der Waals surface area (Å²) in [5.74, 6) is -0.0310. The van der Waals surface area contributed by atoms with Gasteiger partial charge in [-0.3, -0.25) is 4.99 Å². The summed E-state index contributed by atoms with van der Waals surface area (Å²) in [5.41, 5.74) is 22.5. The van der Waals surface area contributed by atoms with Crippen molar-refractivity contribution in [2.45, 2.75) is 18.4 Å². The Kier molecular flexibility index (Phi) is 10.5. The minimum absolute atomic E-state index is 0.0310. The Morgan fingerprint density at radius 2 is 0.925 bits per heavy atom. The predicted molar refractivity (Wildman–Crippen MR) is 281 cm³/mol. The molecule has 1 aliphatic carbocycles. The predicted octanol–water partition coefficient (Wildman–Crippen LogP) is 16.2. The van der Waals surface area contributed by atoms with Crippen LogP contribution in [0.25, 0.3) is 77.9 Å². The fraction of sp³-hybridized carbons (Fsp3) is 0.0625. The number of hydrogen-bond donors (Lipinski definition) is 0. The molecule has 3 heteroatoms. The van der Waals surface area contributed by atoms with E-state index in [-0.39, 0.29) is 12.0 Å². The molecule has 9 aromatic rings. The van der Waals surface area contributed by atoms with Crippen molar-refractivity contribution in [1.29, 1.82) is 0 Å². The standard InChI is InChI=1S/C64H47N3/c1-6-19-44(20-7-1)50-29-16-30-51(41-50)52-31-17-32-54(42-52)67-58-36-35-53(57-34-18-33-56(66-57)45-37-39-65-40-38-45)43-55(58)63-61(48-25-12-4-13-26-48)59(46-21-8-2-9-22-46)60(47-23-10-3-11-24-47)62(64(63)67)49-27-14-5-15-28-49/h1-37,39,41-43,55,58H,38,40H2. The number of anilines is 2. The Balaban J connectivity index is 1.17. The van der Waals surface area contributed by atoms with Crippen molar-refractivity contribution in [2.75, 3.05) is 11.4 Å². The van der Waals surface area contributed by atoms with Gasteiger partial charge in [0, 0.05) is 35.5 Å². The van der Waals surface area contributed by atoms with Crippen LogP contribution in [0.5, 0.6) is 0 Å². The van der Waals surface area contributed by atoms with Gasteiger partial charge in [0.1, 0.15) is 0 Å². The van der Waals surface area contributed by atoms with Gasteiger partial charge in [0.25, 0.3) is 0 Å². The maximum Gasteiger partial charge on any atom is 0.0706 e. The van der Waals surface area contributed by atoms with E-state index in [2.05, 4.69) is 253 Å². The lowest BCUT2D eigenvalue weighted by molar-refractivity contribution is 0.747. The molecule has 0 saturated carbocycles. The molecule has 12 rings (SSSR count). The summed E-state index contributed by atoms with van der Waals surface area (Å²) >= 11 is 0. The van der Waals surface area contributed by atoms with E-state index in [9.17, 15) is 0 Å². The minimum Gasteiger partial charge on any atom is -0.333 e. The van der Waals surface area contributed by atoms with Crippen LogP contribution in [0.1, 0.15) is 29.3 Å². The zero-order valence-electron chi connectivity index (χ0n) is 37.1. The minimum atomic E-state index is -0.0373. The second-order valence-corrected chi connectivity index (χ2v) is 17.5. The number of allylic oxidation sites excluding steroid dienone is 3. The van der Waals surface area contributed by atoms with Gasteiger partial charge in [-0.1, -0.05) is 206 Å². The molecule has 0 spiro atoms. The van der Waals surface area contributed by atoms with Crippen LogP contribution in [-0.2, 0) is 0 Å². The van der Waals surface area contributed by atoms with Crippen LogP contribution >= 0.6 is 0 Å². The molecular formula is C64H47N3. The van der Waals surface area contributed by atoms with Crippen LogP contribution in [0.3, 0.4) is 0 Å². The molecule has 0 radical (unpaired) electrons. The average molecular weight is 858 g/mol. The number of dihydropyridines is 1. The third-order valence-corrected chi connectivity index (χ3v) is 13.5. The largest absolute Gasteiger partial charge is 0.333 e.